The van der Waals surface area contributed by atoms with Crippen molar-refractivity contribution in [3.8, 4) is 5.75 Å². The predicted octanol–water partition coefficient (Wildman–Crippen LogP) is 3.98. The number of nitrogens with one attached hydrogen (secondary N) is 1. The Hall–Kier alpha value is -3.04. The largest absolute Gasteiger partial charge is 0.495 e. The van der Waals surface area contributed by atoms with E-state index in [4.69, 9.17) is 16.3 Å². The minimum Gasteiger partial charge on any atom is -0.495 e. The zero-order chi connectivity index (χ0) is 23.3. The molecule has 1 aromatic heterocycles. The fourth-order valence-electron chi connectivity index (χ4n) is 4.59. The van der Waals surface area contributed by atoms with Gasteiger partial charge in [0, 0.05) is 5.69 Å². The quantitative estimate of drug-likeness (QED) is 0.599. The van der Waals surface area contributed by atoms with Crippen LogP contribution in [0.3, 0.4) is 0 Å². The molecule has 1 amide bonds. The van der Waals surface area contributed by atoms with Crippen LogP contribution in [-0.2, 0) is 9.84 Å². The highest BCUT2D eigenvalue weighted by molar-refractivity contribution is 7.91. The normalized spacial score (nSPS) is 21.5. The Morgan fingerprint density at radius 1 is 1.15 bits per heavy atom. The molecule has 2 aromatic carbocycles. The number of aromatic nitrogens is 2. The Bertz CT molecular complexity index is 1350. The van der Waals surface area contributed by atoms with E-state index in [-0.39, 0.29) is 23.5 Å². The maximum absolute atomic E-state index is 13.7. The van der Waals surface area contributed by atoms with Gasteiger partial charge < -0.3 is 10.1 Å². The van der Waals surface area contributed by atoms with Crippen molar-refractivity contribution >= 4 is 38.7 Å². The standard InChI is InChI=1S/C23H23ClN4O4S/c1-14-20(21(24)28(26-14)15-11-12-33(30,31)13-15)22-25-17-8-4-3-7-16(17)23(29)27(22)18-9-5-6-10-19(18)32-2/h3-10,15,22,25H,11-13H2,1-2H3/t15-,22+/m0/s1. The van der Waals surface area contributed by atoms with Crippen molar-refractivity contribution in [3.05, 3.63) is 70.5 Å². The summed E-state index contributed by atoms with van der Waals surface area (Å²) in [5, 5.41) is 8.35. The van der Waals surface area contributed by atoms with E-state index in [1.165, 1.54) is 0 Å². The summed E-state index contributed by atoms with van der Waals surface area (Å²) in [6.07, 6.45) is -0.207. The van der Waals surface area contributed by atoms with E-state index in [9.17, 15) is 13.2 Å². The number of fused-ring (bicyclic) bond motifs is 1. The van der Waals surface area contributed by atoms with Gasteiger partial charge in [0.1, 0.15) is 17.1 Å². The summed E-state index contributed by atoms with van der Waals surface area (Å²) >= 11 is 6.83. The Labute approximate surface area is 197 Å². The highest BCUT2D eigenvalue weighted by Gasteiger charge is 2.40. The molecule has 1 N–H and O–H groups in total. The third-order valence-electron chi connectivity index (χ3n) is 6.17. The number of aryl methyl sites for hydroxylation is 1. The lowest BCUT2D eigenvalue weighted by Crippen LogP contribution is -2.43. The summed E-state index contributed by atoms with van der Waals surface area (Å²) in [7, 11) is -1.56. The van der Waals surface area contributed by atoms with Crippen LogP contribution >= 0.6 is 11.6 Å². The number of methoxy groups -OCH3 is 1. The second-order valence-electron chi connectivity index (χ2n) is 8.23. The molecule has 3 heterocycles. The molecule has 1 saturated heterocycles. The Morgan fingerprint density at radius 2 is 1.88 bits per heavy atom. The first-order chi connectivity index (χ1) is 15.8. The van der Waals surface area contributed by atoms with Crippen molar-refractivity contribution in [2.45, 2.75) is 25.6 Å². The van der Waals surface area contributed by atoms with Crippen molar-refractivity contribution in [3.63, 3.8) is 0 Å². The first-order valence-electron chi connectivity index (χ1n) is 10.6. The molecular formula is C23H23ClN4O4S. The molecule has 0 unspecified atom stereocenters. The van der Waals surface area contributed by atoms with E-state index >= 15 is 0 Å². The van der Waals surface area contributed by atoms with E-state index < -0.39 is 16.0 Å². The highest BCUT2D eigenvalue weighted by Crippen LogP contribution is 2.43. The second kappa shape index (κ2) is 8.07. The molecule has 10 heteroatoms. The number of hydrogen-bond acceptors (Lipinski definition) is 6. The van der Waals surface area contributed by atoms with E-state index in [0.29, 0.717) is 45.5 Å². The zero-order valence-corrected chi connectivity index (χ0v) is 19.7. The summed E-state index contributed by atoms with van der Waals surface area (Å²) in [5.74, 6) is 0.456. The molecule has 0 radical (unpaired) electrons. The molecule has 0 spiro atoms. The van der Waals surface area contributed by atoms with Crippen LogP contribution in [-0.4, -0.2) is 42.7 Å². The third-order valence-corrected chi connectivity index (χ3v) is 8.30. The molecule has 0 bridgehead atoms. The zero-order valence-electron chi connectivity index (χ0n) is 18.2. The van der Waals surface area contributed by atoms with E-state index in [2.05, 4.69) is 10.4 Å². The van der Waals surface area contributed by atoms with Gasteiger partial charge in [-0.2, -0.15) is 5.10 Å². The van der Waals surface area contributed by atoms with Crippen molar-refractivity contribution < 1.29 is 17.9 Å². The molecule has 1 fully saturated rings. The second-order valence-corrected chi connectivity index (χ2v) is 10.8. The third kappa shape index (κ3) is 3.65. The van der Waals surface area contributed by atoms with Gasteiger partial charge in [-0.3, -0.25) is 9.69 Å². The van der Waals surface area contributed by atoms with Crippen LogP contribution in [0.4, 0.5) is 11.4 Å². The monoisotopic (exact) mass is 486 g/mol. The first-order valence-corrected chi connectivity index (χ1v) is 12.8. The van der Waals surface area contributed by atoms with Gasteiger partial charge >= 0.3 is 0 Å². The summed E-state index contributed by atoms with van der Waals surface area (Å²) < 4.78 is 31.2. The molecule has 5 rings (SSSR count). The van der Waals surface area contributed by atoms with E-state index in [0.717, 1.165) is 0 Å². The van der Waals surface area contributed by atoms with Gasteiger partial charge in [0.25, 0.3) is 5.91 Å². The number of carbonyl (C=O) groups excluding carboxylic acids is 1. The van der Waals surface area contributed by atoms with Crippen LogP contribution in [0.2, 0.25) is 5.15 Å². The Balaban J connectivity index is 1.66. The Morgan fingerprint density at radius 3 is 2.61 bits per heavy atom. The Kier molecular flexibility index (Phi) is 5.33. The number of ether oxygens (including phenoxy) is 1. The number of halogens is 1. The molecule has 3 aromatic rings. The average molecular weight is 487 g/mol. The lowest BCUT2D eigenvalue weighted by Gasteiger charge is -2.38. The van der Waals surface area contributed by atoms with Gasteiger partial charge in [0.2, 0.25) is 0 Å². The predicted molar refractivity (Wildman–Crippen MR) is 127 cm³/mol. The maximum Gasteiger partial charge on any atom is 0.262 e. The topological polar surface area (TPSA) is 93.5 Å². The van der Waals surface area contributed by atoms with Crippen molar-refractivity contribution in [1.29, 1.82) is 0 Å². The highest BCUT2D eigenvalue weighted by atomic mass is 35.5. The molecule has 2 aliphatic heterocycles. The molecular weight excluding hydrogens is 464 g/mol. The minimum absolute atomic E-state index is 0.00333. The van der Waals surface area contributed by atoms with Crippen molar-refractivity contribution in [2.75, 3.05) is 28.8 Å². The smallest absolute Gasteiger partial charge is 0.262 e. The molecule has 0 aliphatic carbocycles. The lowest BCUT2D eigenvalue weighted by molar-refractivity contribution is 0.0974. The van der Waals surface area contributed by atoms with Gasteiger partial charge in [-0.1, -0.05) is 35.9 Å². The molecule has 2 atom stereocenters. The first kappa shape index (κ1) is 21.8. The van der Waals surface area contributed by atoms with E-state index in [1.807, 2.05) is 43.3 Å². The molecule has 172 valence electrons. The summed E-state index contributed by atoms with van der Waals surface area (Å²) in [5.41, 5.74) is 3.04. The SMILES string of the molecule is COc1ccccc1N1C(=O)c2ccccc2N[C@H]1c1c(C)nn([C@H]2CCS(=O)(=O)C2)c1Cl. The number of para-hydroxylation sites is 3. The summed E-state index contributed by atoms with van der Waals surface area (Å²) in [4.78, 5) is 15.3. The van der Waals surface area contributed by atoms with Crippen LogP contribution in [0.15, 0.2) is 48.5 Å². The average Bonchev–Trinajstić information content (AvgIpc) is 3.31. The molecule has 8 nitrogen and oxygen atoms in total. The number of amides is 1. The fourth-order valence-corrected chi connectivity index (χ4v) is 6.69. The van der Waals surface area contributed by atoms with Crippen LogP contribution in [0.1, 0.15) is 40.2 Å². The number of hydrogen-bond donors (Lipinski definition) is 1. The summed E-state index contributed by atoms with van der Waals surface area (Å²) in [6, 6.07) is 14.2. The summed E-state index contributed by atoms with van der Waals surface area (Å²) in [6.45, 7) is 1.81. The number of nitrogens with zero attached hydrogens (tertiary/aromatic N) is 3. The van der Waals surface area contributed by atoms with Gasteiger partial charge in [-0.15, -0.1) is 0 Å². The van der Waals surface area contributed by atoms with Crippen LogP contribution in [0.5, 0.6) is 5.75 Å². The van der Waals surface area contributed by atoms with Crippen LogP contribution in [0.25, 0.3) is 0 Å². The number of anilines is 2. The number of sulfone groups is 1. The van der Waals surface area contributed by atoms with Crippen LogP contribution < -0.4 is 15.0 Å². The van der Waals surface area contributed by atoms with Crippen molar-refractivity contribution in [2.24, 2.45) is 0 Å². The fraction of sp³-hybridized carbons (Fsp3) is 0.304. The van der Waals surface area contributed by atoms with Gasteiger partial charge in [-0.05, 0) is 37.6 Å². The number of carbonyl (C=O) groups is 1. The molecule has 2 aliphatic rings. The van der Waals surface area contributed by atoms with Crippen LogP contribution in [0, 0.1) is 6.92 Å². The lowest BCUT2D eigenvalue weighted by atomic mass is 10.0. The minimum atomic E-state index is -3.12. The van der Waals surface area contributed by atoms with Crippen molar-refractivity contribution in [1.82, 2.24) is 9.78 Å². The maximum atomic E-state index is 13.7. The number of rotatable bonds is 4. The van der Waals surface area contributed by atoms with Gasteiger partial charge in [0.15, 0.2) is 9.84 Å². The van der Waals surface area contributed by atoms with Gasteiger partial charge in [-0.25, -0.2) is 13.1 Å². The van der Waals surface area contributed by atoms with Gasteiger partial charge in [0.05, 0.1) is 47.2 Å². The van der Waals surface area contributed by atoms with E-state index in [1.54, 1.807) is 28.8 Å². The number of benzene rings is 2. The molecule has 33 heavy (non-hydrogen) atoms. The molecule has 0 saturated carbocycles.